The molecule has 1 aromatic rings. The van der Waals surface area contributed by atoms with Gasteiger partial charge < -0.3 is 5.73 Å². The molecule has 0 bridgehead atoms. The van der Waals surface area contributed by atoms with Gasteiger partial charge in [-0.2, -0.15) is 0 Å². The summed E-state index contributed by atoms with van der Waals surface area (Å²) < 4.78 is 0. The van der Waals surface area contributed by atoms with E-state index in [1.54, 1.807) is 0 Å². The highest BCUT2D eigenvalue weighted by Crippen LogP contribution is 2.21. The van der Waals surface area contributed by atoms with Gasteiger partial charge in [-0.1, -0.05) is 6.92 Å². The van der Waals surface area contributed by atoms with Crippen LogP contribution in [0.25, 0.3) is 0 Å². The van der Waals surface area contributed by atoms with Crippen LogP contribution in [-0.2, 0) is 13.0 Å². The topological polar surface area (TPSA) is 29.3 Å². The minimum Gasteiger partial charge on any atom is -0.326 e. The standard InChI is InChI=1S/C11H18N2S/c1-2-9-4-6-14-11(9)8-13-5-3-10(12)7-13/h4,6,10H,2-3,5,7-8,12H2,1H3. The van der Waals surface area contributed by atoms with E-state index in [9.17, 15) is 0 Å². The number of aryl methyl sites for hydroxylation is 1. The van der Waals surface area contributed by atoms with Crippen LogP contribution < -0.4 is 5.73 Å². The van der Waals surface area contributed by atoms with Crippen molar-refractivity contribution in [2.24, 2.45) is 5.73 Å². The fourth-order valence-electron chi connectivity index (χ4n) is 2.03. The highest BCUT2D eigenvalue weighted by molar-refractivity contribution is 7.10. The van der Waals surface area contributed by atoms with Crippen LogP contribution >= 0.6 is 11.3 Å². The fraction of sp³-hybridized carbons (Fsp3) is 0.636. The summed E-state index contributed by atoms with van der Waals surface area (Å²) >= 11 is 1.88. The van der Waals surface area contributed by atoms with Gasteiger partial charge in [-0.05, 0) is 29.9 Å². The summed E-state index contributed by atoms with van der Waals surface area (Å²) in [4.78, 5) is 4.00. The van der Waals surface area contributed by atoms with Crippen molar-refractivity contribution in [2.75, 3.05) is 13.1 Å². The molecule has 1 aliphatic rings. The second-order valence-corrected chi connectivity index (χ2v) is 5.01. The normalized spacial score (nSPS) is 23.1. The Morgan fingerprint density at radius 3 is 3.14 bits per heavy atom. The molecule has 1 atom stereocenters. The molecule has 1 aliphatic heterocycles. The van der Waals surface area contributed by atoms with E-state index in [1.165, 1.54) is 17.0 Å². The molecular formula is C11H18N2S. The number of hydrogen-bond acceptors (Lipinski definition) is 3. The first-order valence-corrected chi connectivity index (χ1v) is 6.20. The molecule has 2 nitrogen and oxygen atoms in total. The summed E-state index contributed by atoms with van der Waals surface area (Å²) in [6, 6.07) is 2.65. The Kier molecular flexibility index (Phi) is 3.21. The third-order valence-electron chi connectivity index (χ3n) is 2.89. The van der Waals surface area contributed by atoms with E-state index in [-0.39, 0.29) is 0 Å². The van der Waals surface area contributed by atoms with E-state index < -0.39 is 0 Å². The van der Waals surface area contributed by atoms with E-state index in [2.05, 4.69) is 23.3 Å². The van der Waals surface area contributed by atoms with Crippen LogP contribution in [0, 0.1) is 0 Å². The lowest BCUT2D eigenvalue weighted by Crippen LogP contribution is -2.26. The summed E-state index contributed by atoms with van der Waals surface area (Å²) in [5, 5.41) is 2.20. The smallest absolute Gasteiger partial charge is 0.0331 e. The number of thiophene rings is 1. The Balaban J connectivity index is 1.97. The Bertz CT molecular complexity index is 295. The van der Waals surface area contributed by atoms with Crippen molar-refractivity contribution in [1.82, 2.24) is 4.90 Å². The quantitative estimate of drug-likeness (QED) is 0.825. The molecule has 0 saturated carbocycles. The molecule has 0 aliphatic carbocycles. The molecule has 14 heavy (non-hydrogen) atoms. The summed E-state index contributed by atoms with van der Waals surface area (Å²) in [6.07, 6.45) is 2.31. The van der Waals surface area contributed by atoms with Gasteiger partial charge in [-0.3, -0.25) is 4.90 Å². The minimum absolute atomic E-state index is 0.403. The van der Waals surface area contributed by atoms with Gasteiger partial charge in [-0.15, -0.1) is 11.3 Å². The Morgan fingerprint density at radius 2 is 2.50 bits per heavy atom. The van der Waals surface area contributed by atoms with Crippen LogP contribution in [-0.4, -0.2) is 24.0 Å². The molecular weight excluding hydrogens is 192 g/mol. The molecule has 0 spiro atoms. The Morgan fingerprint density at radius 1 is 1.64 bits per heavy atom. The van der Waals surface area contributed by atoms with Crippen molar-refractivity contribution >= 4 is 11.3 Å². The molecule has 1 unspecified atom stereocenters. The highest BCUT2D eigenvalue weighted by Gasteiger charge is 2.19. The van der Waals surface area contributed by atoms with Crippen molar-refractivity contribution in [1.29, 1.82) is 0 Å². The molecule has 1 aromatic heterocycles. The average Bonchev–Trinajstić information content (AvgIpc) is 2.76. The summed E-state index contributed by atoms with van der Waals surface area (Å²) in [5.41, 5.74) is 7.40. The zero-order valence-electron chi connectivity index (χ0n) is 8.70. The lowest BCUT2D eigenvalue weighted by atomic mass is 10.2. The van der Waals surface area contributed by atoms with Gasteiger partial charge in [0.1, 0.15) is 0 Å². The number of hydrogen-bond donors (Lipinski definition) is 1. The summed E-state index contributed by atoms with van der Waals surface area (Å²) in [5.74, 6) is 0. The predicted molar refractivity (Wildman–Crippen MR) is 61.6 cm³/mol. The van der Waals surface area contributed by atoms with E-state index >= 15 is 0 Å². The zero-order chi connectivity index (χ0) is 9.97. The van der Waals surface area contributed by atoms with Crippen molar-refractivity contribution in [3.63, 3.8) is 0 Å². The largest absolute Gasteiger partial charge is 0.326 e. The van der Waals surface area contributed by atoms with Crippen LogP contribution in [0.1, 0.15) is 23.8 Å². The SMILES string of the molecule is CCc1ccsc1CN1CCC(N)C1. The van der Waals surface area contributed by atoms with Crippen molar-refractivity contribution in [3.05, 3.63) is 21.9 Å². The number of likely N-dealkylation sites (tertiary alicyclic amines) is 1. The van der Waals surface area contributed by atoms with E-state index in [1.807, 2.05) is 11.3 Å². The van der Waals surface area contributed by atoms with E-state index in [0.29, 0.717) is 6.04 Å². The van der Waals surface area contributed by atoms with Crippen molar-refractivity contribution in [2.45, 2.75) is 32.4 Å². The van der Waals surface area contributed by atoms with Gasteiger partial charge in [0.25, 0.3) is 0 Å². The lowest BCUT2D eigenvalue weighted by Gasteiger charge is -2.14. The third-order valence-corrected chi connectivity index (χ3v) is 3.84. The predicted octanol–water partition coefficient (Wildman–Crippen LogP) is 1.84. The monoisotopic (exact) mass is 210 g/mol. The first-order valence-electron chi connectivity index (χ1n) is 5.32. The fourth-order valence-corrected chi connectivity index (χ4v) is 3.05. The summed E-state index contributed by atoms with van der Waals surface area (Å²) in [7, 11) is 0. The highest BCUT2D eigenvalue weighted by atomic mass is 32.1. The molecule has 1 saturated heterocycles. The maximum atomic E-state index is 5.89. The second kappa shape index (κ2) is 4.43. The van der Waals surface area contributed by atoms with Gasteiger partial charge in [0.05, 0.1) is 0 Å². The molecule has 78 valence electrons. The molecule has 2 rings (SSSR count). The molecule has 3 heteroatoms. The maximum Gasteiger partial charge on any atom is 0.0331 e. The van der Waals surface area contributed by atoms with Crippen LogP contribution in [0.4, 0.5) is 0 Å². The van der Waals surface area contributed by atoms with E-state index in [4.69, 9.17) is 5.73 Å². The van der Waals surface area contributed by atoms with Crippen molar-refractivity contribution in [3.8, 4) is 0 Å². The molecule has 2 N–H and O–H groups in total. The Labute approximate surface area is 89.7 Å². The lowest BCUT2D eigenvalue weighted by molar-refractivity contribution is 0.329. The molecule has 0 aromatic carbocycles. The molecule has 2 heterocycles. The Hall–Kier alpha value is -0.380. The number of nitrogens with zero attached hydrogens (tertiary/aromatic N) is 1. The van der Waals surface area contributed by atoms with Gasteiger partial charge in [0.2, 0.25) is 0 Å². The van der Waals surface area contributed by atoms with E-state index in [0.717, 1.165) is 25.9 Å². The second-order valence-electron chi connectivity index (χ2n) is 4.01. The first-order chi connectivity index (χ1) is 6.79. The van der Waals surface area contributed by atoms with Crippen LogP contribution in [0.2, 0.25) is 0 Å². The first kappa shape index (κ1) is 10.1. The van der Waals surface area contributed by atoms with Crippen LogP contribution in [0.3, 0.4) is 0 Å². The summed E-state index contributed by atoms with van der Waals surface area (Å²) in [6.45, 7) is 5.57. The van der Waals surface area contributed by atoms with Crippen LogP contribution in [0.5, 0.6) is 0 Å². The van der Waals surface area contributed by atoms with Crippen LogP contribution in [0.15, 0.2) is 11.4 Å². The molecule has 0 amide bonds. The van der Waals surface area contributed by atoms with Gasteiger partial charge in [0, 0.05) is 30.6 Å². The maximum absolute atomic E-state index is 5.89. The van der Waals surface area contributed by atoms with Gasteiger partial charge in [0.15, 0.2) is 0 Å². The number of rotatable bonds is 3. The van der Waals surface area contributed by atoms with Crippen molar-refractivity contribution < 1.29 is 0 Å². The third kappa shape index (κ3) is 2.16. The van der Waals surface area contributed by atoms with Gasteiger partial charge in [-0.25, -0.2) is 0 Å². The zero-order valence-corrected chi connectivity index (χ0v) is 9.52. The molecule has 0 radical (unpaired) electrons. The molecule has 1 fully saturated rings. The van der Waals surface area contributed by atoms with Gasteiger partial charge >= 0.3 is 0 Å². The number of nitrogens with two attached hydrogens (primary N) is 1. The minimum atomic E-state index is 0.403. The average molecular weight is 210 g/mol.